The van der Waals surface area contributed by atoms with E-state index >= 15 is 0 Å². The van der Waals surface area contributed by atoms with Gasteiger partial charge in [0, 0.05) is 24.7 Å². The predicted molar refractivity (Wildman–Crippen MR) is 74.8 cm³/mol. The molecule has 2 rings (SSSR count). The number of hydrogen-bond acceptors (Lipinski definition) is 6. The van der Waals surface area contributed by atoms with Crippen molar-refractivity contribution >= 4 is 11.3 Å². The third-order valence-electron chi connectivity index (χ3n) is 2.99. The van der Waals surface area contributed by atoms with Gasteiger partial charge in [0.05, 0.1) is 24.3 Å². The number of imidazole rings is 1. The van der Waals surface area contributed by atoms with E-state index in [0.717, 1.165) is 22.9 Å². The molecule has 0 aliphatic carbocycles. The predicted octanol–water partition coefficient (Wildman–Crippen LogP) is 0.728. The molecular weight excluding hydrogens is 262 g/mol. The minimum atomic E-state index is -0.00931. The van der Waals surface area contributed by atoms with Gasteiger partial charge in [-0.25, -0.2) is 9.97 Å². The lowest BCUT2D eigenvalue weighted by molar-refractivity contribution is 0.172. The number of aromatic nitrogens is 3. The van der Waals surface area contributed by atoms with Crippen LogP contribution in [0, 0.1) is 0 Å². The molecule has 4 N–H and O–H groups in total. The molecule has 2 aromatic rings. The van der Waals surface area contributed by atoms with Crippen molar-refractivity contribution in [1.82, 2.24) is 19.9 Å². The number of nitrogens with one attached hydrogen (secondary N) is 1. The van der Waals surface area contributed by atoms with E-state index in [2.05, 4.69) is 26.8 Å². The minimum absolute atomic E-state index is 0.00931. The maximum absolute atomic E-state index is 9.21. The van der Waals surface area contributed by atoms with E-state index in [1.165, 1.54) is 0 Å². The third-order valence-corrected chi connectivity index (χ3v) is 3.93. The van der Waals surface area contributed by atoms with Crippen molar-refractivity contribution in [1.29, 1.82) is 0 Å². The van der Waals surface area contributed by atoms with Crippen LogP contribution < -0.4 is 5.73 Å². The highest BCUT2D eigenvalue weighted by Gasteiger charge is 2.25. The first-order chi connectivity index (χ1) is 9.30. The van der Waals surface area contributed by atoms with Gasteiger partial charge < -0.3 is 15.8 Å². The molecule has 1 unspecified atom stereocenters. The number of aliphatic hydroxyl groups excluding tert-OH is 1. The summed E-state index contributed by atoms with van der Waals surface area (Å²) in [6.45, 7) is 4.04. The average Bonchev–Trinajstić information content (AvgIpc) is 3.09. The van der Waals surface area contributed by atoms with Crippen LogP contribution in [0.2, 0.25) is 0 Å². The van der Waals surface area contributed by atoms with Gasteiger partial charge in [-0.2, -0.15) is 0 Å². The molecule has 6 nitrogen and oxygen atoms in total. The third kappa shape index (κ3) is 3.19. The van der Waals surface area contributed by atoms with Gasteiger partial charge >= 0.3 is 0 Å². The molecule has 0 amide bonds. The van der Waals surface area contributed by atoms with Crippen LogP contribution in [0.15, 0.2) is 17.9 Å². The molecule has 0 spiro atoms. The fourth-order valence-electron chi connectivity index (χ4n) is 2.04. The highest BCUT2D eigenvalue weighted by atomic mass is 32.1. The molecule has 2 aromatic heterocycles. The smallest absolute Gasteiger partial charge is 0.116 e. The fourth-order valence-corrected chi connectivity index (χ4v) is 3.02. The molecule has 19 heavy (non-hydrogen) atoms. The largest absolute Gasteiger partial charge is 0.395 e. The van der Waals surface area contributed by atoms with Gasteiger partial charge in [-0.15, -0.1) is 11.3 Å². The van der Waals surface area contributed by atoms with Gasteiger partial charge in [-0.1, -0.05) is 6.92 Å². The lowest BCUT2D eigenvalue weighted by atomic mass is 10.2. The summed E-state index contributed by atoms with van der Waals surface area (Å²) in [7, 11) is 0. The normalized spacial score (nSPS) is 13.1. The van der Waals surface area contributed by atoms with E-state index in [1.807, 2.05) is 5.38 Å². The van der Waals surface area contributed by atoms with Crippen molar-refractivity contribution in [3.63, 3.8) is 0 Å². The Morgan fingerprint density at radius 3 is 2.95 bits per heavy atom. The topological polar surface area (TPSA) is 91.1 Å². The van der Waals surface area contributed by atoms with Crippen LogP contribution in [-0.2, 0) is 6.54 Å². The van der Waals surface area contributed by atoms with Gasteiger partial charge in [-0.3, -0.25) is 4.90 Å². The van der Waals surface area contributed by atoms with Crippen molar-refractivity contribution in [2.24, 2.45) is 5.73 Å². The molecule has 2 heterocycles. The number of hydrogen-bond donors (Lipinski definition) is 3. The summed E-state index contributed by atoms with van der Waals surface area (Å²) in [5.74, 6) is 0. The van der Waals surface area contributed by atoms with Crippen LogP contribution in [0.25, 0.3) is 0 Å². The number of aromatic amines is 1. The number of nitrogens with two attached hydrogens (primary N) is 1. The molecule has 0 radical (unpaired) electrons. The van der Waals surface area contributed by atoms with Crippen LogP contribution in [0.5, 0.6) is 0 Å². The zero-order chi connectivity index (χ0) is 13.7. The molecule has 0 bridgehead atoms. The molecule has 7 heteroatoms. The van der Waals surface area contributed by atoms with Gasteiger partial charge in [0.15, 0.2) is 0 Å². The summed E-state index contributed by atoms with van der Waals surface area (Å²) in [5, 5.41) is 12.2. The molecule has 104 valence electrons. The van der Waals surface area contributed by atoms with E-state index in [-0.39, 0.29) is 12.6 Å². The SMILES string of the molecule is CCN(CCO)C(c1cnc[nH]1)c1nc(CN)cs1. The summed E-state index contributed by atoms with van der Waals surface area (Å²) < 4.78 is 0. The molecule has 0 saturated carbocycles. The van der Waals surface area contributed by atoms with Gasteiger partial charge in [0.25, 0.3) is 0 Å². The summed E-state index contributed by atoms with van der Waals surface area (Å²) in [6.07, 6.45) is 3.46. The molecule has 0 aliphatic heterocycles. The summed E-state index contributed by atoms with van der Waals surface area (Å²) in [5.41, 5.74) is 7.49. The quantitative estimate of drug-likeness (QED) is 0.696. The van der Waals surface area contributed by atoms with Gasteiger partial charge in [-0.05, 0) is 6.54 Å². The van der Waals surface area contributed by atoms with E-state index in [9.17, 15) is 5.11 Å². The lowest BCUT2D eigenvalue weighted by Gasteiger charge is -2.27. The van der Waals surface area contributed by atoms with Crippen LogP contribution in [0.1, 0.15) is 29.4 Å². The average molecular weight is 281 g/mol. The van der Waals surface area contributed by atoms with Crippen LogP contribution in [-0.4, -0.2) is 44.7 Å². The second-order valence-corrected chi connectivity index (χ2v) is 5.03. The molecule has 0 aromatic carbocycles. The minimum Gasteiger partial charge on any atom is -0.395 e. The Morgan fingerprint density at radius 2 is 2.42 bits per heavy atom. The Hall–Kier alpha value is -1.28. The Balaban J connectivity index is 2.33. The van der Waals surface area contributed by atoms with E-state index < -0.39 is 0 Å². The molecule has 0 aliphatic rings. The molecule has 0 saturated heterocycles. The van der Waals surface area contributed by atoms with Gasteiger partial charge in [0.1, 0.15) is 11.0 Å². The Bertz CT molecular complexity index is 484. The second kappa shape index (κ2) is 6.76. The first-order valence-electron chi connectivity index (χ1n) is 6.27. The molecule has 0 fully saturated rings. The number of aliphatic hydroxyl groups is 1. The summed E-state index contributed by atoms with van der Waals surface area (Å²) in [6, 6.07) is -0.00931. The highest BCUT2D eigenvalue weighted by molar-refractivity contribution is 7.09. The lowest BCUT2D eigenvalue weighted by Crippen LogP contribution is -2.32. The molecular formula is C12H19N5OS. The summed E-state index contributed by atoms with van der Waals surface area (Å²) >= 11 is 1.59. The zero-order valence-corrected chi connectivity index (χ0v) is 11.7. The van der Waals surface area contributed by atoms with Crippen molar-refractivity contribution in [2.75, 3.05) is 19.7 Å². The first-order valence-corrected chi connectivity index (χ1v) is 7.15. The number of H-pyrrole nitrogens is 1. The van der Waals surface area contributed by atoms with Crippen molar-refractivity contribution in [2.45, 2.75) is 19.5 Å². The molecule has 1 atom stereocenters. The van der Waals surface area contributed by atoms with Crippen LogP contribution in [0.3, 0.4) is 0 Å². The monoisotopic (exact) mass is 281 g/mol. The highest BCUT2D eigenvalue weighted by Crippen LogP contribution is 2.29. The standard InChI is InChI=1S/C12H19N5OS/c1-2-17(3-4-18)11(10-6-14-8-15-10)12-16-9(5-13)7-19-12/h6-8,11,18H,2-5,13H2,1H3,(H,14,15). The van der Waals surface area contributed by atoms with E-state index in [0.29, 0.717) is 13.1 Å². The maximum atomic E-state index is 9.21. The van der Waals surface area contributed by atoms with E-state index in [1.54, 1.807) is 23.9 Å². The van der Waals surface area contributed by atoms with Crippen molar-refractivity contribution < 1.29 is 5.11 Å². The summed E-state index contributed by atoms with van der Waals surface area (Å²) in [4.78, 5) is 13.9. The number of nitrogens with zero attached hydrogens (tertiary/aromatic N) is 3. The Morgan fingerprint density at radius 1 is 1.58 bits per heavy atom. The van der Waals surface area contributed by atoms with Crippen LogP contribution in [0.4, 0.5) is 0 Å². The Kier molecular flexibility index (Phi) is 5.03. The Labute approximate surface area is 116 Å². The van der Waals surface area contributed by atoms with E-state index in [4.69, 9.17) is 5.73 Å². The van der Waals surface area contributed by atoms with Crippen molar-refractivity contribution in [3.8, 4) is 0 Å². The number of likely N-dealkylation sites (N-methyl/N-ethyl adjacent to an activating group) is 1. The number of rotatable bonds is 7. The zero-order valence-electron chi connectivity index (χ0n) is 10.9. The van der Waals surface area contributed by atoms with Gasteiger partial charge in [0.2, 0.25) is 0 Å². The maximum Gasteiger partial charge on any atom is 0.116 e. The van der Waals surface area contributed by atoms with Crippen molar-refractivity contribution in [3.05, 3.63) is 34.3 Å². The fraction of sp³-hybridized carbons (Fsp3) is 0.500. The second-order valence-electron chi connectivity index (χ2n) is 4.14. The van der Waals surface area contributed by atoms with Crippen LogP contribution >= 0.6 is 11.3 Å². The number of thiazole rings is 1. The first kappa shape index (κ1) is 14.1.